The van der Waals surface area contributed by atoms with Crippen LogP contribution < -0.4 is 15.6 Å². The standard InChI is InChI=1S/C27H27N3O3S/c1-29-15-13-19(14-16-29)28-26-24(25(32)18-7-6-10-21(17-18)33-2)22-11-12-23(31)30(27(22)34-26)20-8-4-3-5-9-20/h3-12,17,19,28H,13-16H2,1-2H3. The van der Waals surface area contributed by atoms with Gasteiger partial charge in [-0.2, -0.15) is 0 Å². The summed E-state index contributed by atoms with van der Waals surface area (Å²) in [6.07, 6.45) is 2.01. The molecule has 1 N–H and O–H groups in total. The van der Waals surface area contributed by atoms with Gasteiger partial charge >= 0.3 is 0 Å². The lowest BCUT2D eigenvalue weighted by Gasteiger charge is -2.30. The molecule has 2 aromatic carbocycles. The van der Waals surface area contributed by atoms with Crippen molar-refractivity contribution in [2.24, 2.45) is 0 Å². The van der Waals surface area contributed by atoms with Crippen molar-refractivity contribution in [2.75, 3.05) is 32.6 Å². The van der Waals surface area contributed by atoms with Crippen LogP contribution in [-0.2, 0) is 0 Å². The smallest absolute Gasteiger partial charge is 0.256 e. The zero-order valence-corrected chi connectivity index (χ0v) is 20.1. The van der Waals surface area contributed by atoms with Crippen molar-refractivity contribution in [2.45, 2.75) is 18.9 Å². The molecule has 1 saturated heterocycles. The number of nitrogens with one attached hydrogen (secondary N) is 1. The minimum absolute atomic E-state index is 0.0844. The number of ether oxygens (including phenoxy) is 1. The summed E-state index contributed by atoms with van der Waals surface area (Å²) in [6.45, 7) is 2.02. The lowest BCUT2D eigenvalue weighted by molar-refractivity contribution is 0.104. The number of carbonyl (C=O) groups is 1. The minimum Gasteiger partial charge on any atom is -0.497 e. The number of hydrogen-bond donors (Lipinski definition) is 1. The number of benzene rings is 2. The number of piperidine rings is 1. The molecule has 0 unspecified atom stereocenters. The predicted molar refractivity (Wildman–Crippen MR) is 138 cm³/mol. The molecule has 2 aromatic heterocycles. The van der Waals surface area contributed by atoms with Crippen LogP contribution in [0.3, 0.4) is 0 Å². The molecule has 1 fully saturated rings. The largest absolute Gasteiger partial charge is 0.497 e. The summed E-state index contributed by atoms with van der Waals surface area (Å²) in [5, 5.41) is 5.25. The van der Waals surface area contributed by atoms with E-state index in [2.05, 4.69) is 17.3 Å². The van der Waals surface area contributed by atoms with Crippen LogP contribution in [0, 0.1) is 0 Å². The number of fused-ring (bicyclic) bond motifs is 1. The second kappa shape index (κ2) is 9.44. The third kappa shape index (κ3) is 4.24. The summed E-state index contributed by atoms with van der Waals surface area (Å²) >= 11 is 1.47. The Bertz CT molecular complexity index is 1390. The summed E-state index contributed by atoms with van der Waals surface area (Å²) in [6, 6.07) is 20.4. The number of methoxy groups -OCH3 is 1. The maximum Gasteiger partial charge on any atom is 0.256 e. The van der Waals surface area contributed by atoms with Crippen molar-refractivity contribution in [1.82, 2.24) is 9.47 Å². The molecule has 0 saturated carbocycles. The number of ketones is 1. The second-order valence-electron chi connectivity index (χ2n) is 8.65. The maximum absolute atomic E-state index is 13.9. The first-order valence-corrected chi connectivity index (χ1v) is 12.2. The molecular formula is C27H27N3O3S. The Morgan fingerprint density at radius 2 is 1.79 bits per heavy atom. The van der Waals surface area contributed by atoms with Crippen molar-refractivity contribution >= 4 is 32.3 Å². The number of aromatic nitrogens is 1. The molecule has 1 aliphatic rings. The number of rotatable bonds is 6. The highest BCUT2D eigenvalue weighted by Crippen LogP contribution is 2.38. The molecule has 0 amide bonds. The Kier molecular flexibility index (Phi) is 6.22. The van der Waals surface area contributed by atoms with Gasteiger partial charge in [-0.25, -0.2) is 0 Å². The van der Waals surface area contributed by atoms with Gasteiger partial charge in [-0.05, 0) is 63.3 Å². The molecule has 1 aliphatic heterocycles. The van der Waals surface area contributed by atoms with Crippen LogP contribution in [0.5, 0.6) is 5.75 Å². The fourth-order valence-electron chi connectivity index (χ4n) is 4.48. The van der Waals surface area contributed by atoms with Gasteiger partial charge in [0.1, 0.15) is 15.6 Å². The molecule has 6 nitrogen and oxygen atoms in total. The van der Waals surface area contributed by atoms with Crippen molar-refractivity contribution in [3.8, 4) is 11.4 Å². The zero-order valence-electron chi connectivity index (χ0n) is 19.3. The van der Waals surface area contributed by atoms with Gasteiger partial charge < -0.3 is 15.0 Å². The van der Waals surface area contributed by atoms with Crippen molar-refractivity contribution in [3.05, 3.63) is 88.2 Å². The number of pyridine rings is 1. The van der Waals surface area contributed by atoms with E-state index in [9.17, 15) is 9.59 Å². The fraction of sp³-hybridized carbons (Fsp3) is 0.259. The zero-order chi connectivity index (χ0) is 23.7. The Morgan fingerprint density at radius 3 is 2.53 bits per heavy atom. The highest BCUT2D eigenvalue weighted by Gasteiger charge is 2.26. The number of anilines is 1. The summed E-state index contributed by atoms with van der Waals surface area (Å²) in [4.78, 5) is 29.9. The molecule has 5 rings (SSSR count). The summed E-state index contributed by atoms with van der Waals surface area (Å²) in [7, 11) is 3.72. The van der Waals surface area contributed by atoms with Crippen molar-refractivity contribution < 1.29 is 9.53 Å². The topological polar surface area (TPSA) is 63.6 Å². The van der Waals surface area contributed by atoms with Gasteiger partial charge in [-0.1, -0.05) is 41.7 Å². The summed E-state index contributed by atoms with van der Waals surface area (Å²) < 4.78 is 7.05. The van der Waals surface area contributed by atoms with E-state index in [0.29, 0.717) is 16.9 Å². The van der Waals surface area contributed by atoms with E-state index in [-0.39, 0.29) is 17.4 Å². The maximum atomic E-state index is 13.9. The molecule has 0 spiro atoms. The van der Waals surface area contributed by atoms with Crippen LogP contribution in [-0.4, -0.2) is 48.5 Å². The van der Waals surface area contributed by atoms with Crippen LogP contribution in [0.4, 0.5) is 5.00 Å². The van der Waals surface area contributed by atoms with Crippen molar-refractivity contribution in [1.29, 1.82) is 0 Å². The lowest BCUT2D eigenvalue weighted by atomic mass is 10.0. The molecule has 3 heterocycles. The third-order valence-corrected chi connectivity index (χ3v) is 7.49. The van der Waals surface area contributed by atoms with Gasteiger partial charge in [0.05, 0.1) is 18.4 Å². The molecule has 0 atom stereocenters. The molecule has 0 radical (unpaired) electrons. The number of para-hydroxylation sites is 1. The highest BCUT2D eigenvalue weighted by atomic mass is 32.1. The molecule has 0 aliphatic carbocycles. The highest BCUT2D eigenvalue weighted by molar-refractivity contribution is 7.23. The monoisotopic (exact) mass is 473 g/mol. The molecule has 174 valence electrons. The second-order valence-corrected chi connectivity index (χ2v) is 9.65. The number of hydrogen-bond acceptors (Lipinski definition) is 6. The van der Waals surface area contributed by atoms with E-state index in [0.717, 1.165) is 46.8 Å². The van der Waals surface area contributed by atoms with Gasteiger partial charge in [0.15, 0.2) is 5.78 Å². The fourth-order valence-corrected chi connectivity index (χ4v) is 5.77. The molecule has 7 heteroatoms. The number of likely N-dealkylation sites (tertiary alicyclic amines) is 1. The Morgan fingerprint density at radius 1 is 1.03 bits per heavy atom. The van der Waals surface area contributed by atoms with Crippen LogP contribution >= 0.6 is 11.3 Å². The van der Waals surface area contributed by atoms with E-state index < -0.39 is 0 Å². The van der Waals surface area contributed by atoms with Gasteiger partial charge in [-0.3, -0.25) is 14.2 Å². The van der Waals surface area contributed by atoms with Gasteiger partial charge in [0.25, 0.3) is 5.56 Å². The Balaban J connectivity index is 1.68. The summed E-state index contributed by atoms with van der Waals surface area (Å²) in [5.41, 5.74) is 1.83. The lowest BCUT2D eigenvalue weighted by Crippen LogP contribution is -2.36. The average Bonchev–Trinajstić information content (AvgIpc) is 3.23. The first-order chi connectivity index (χ1) is 16.5. The molecule has 4 aromatic rings. The quantitative estimate of drug-likeness (QED) is 0.408. The van der Waals surface area contributed by atoms with Crippen LogP contribution in [0.25, 0.3) is 15.9 Å². The average molecular weight is 474 g/mol. The van der Waals surface area contributed by atoms with Gasteiger partial charge in [0, 0.05) is 23.1 Å². The van der Waals surface area contributed by atoms with E-state index >= 15 is 0 Å². The van der Waals surface area contributed by atoms with E-state index in [4.69, 9.17) is 4.74 Å². The molecule has 0 bridgehead atoms. The first-order valence-electron chi connectivity index (χ1n) is 11.4. The number of nitrogens with zero attached hydrogens (tertiary/aromatic N) is 2. The van der Waals surface area contributed by atoms with E-state index in [1.807, 2.05) is 42.5 Å². The minimum atomic E-state index is -0.119. The third-order valence-electron chi connectivity index (χ3n) is 6.37. The van der Waals surface area contributed by atoms with Crippen LogP contribution in [0.2, 0.25) is 0 Å². The normalized spacial score (nSPS) is 14.9. The predicted octanol–water partition coefficient (Wildman–Crippen LogP) is 4.80. The van der Waals surface area contributed by atoms with Crippen LogP contribution in [0.1, 0.15) is 28.8 Å². The van der Waals surface area contributed by atoms with E-state index in [1.165, 1.54) is 11.3 Å². The SMILES string of the molecule is COc1cccc(C(=O)c2c(NC3CCN(C)CC3)sc3c2ccc(=O)n3-c2ccccc2)c1. The molecular weight excluding hydrogens is 446 g/mol. The summed E-state index contributed by atoms with van der Waals surface area (Å²) in [5.74, 6) is 0.551. The number of thiophene rings is 1. The Labute approximate surface area is 202 Å². The van der Waals surface area contributed by atoms with Gasteiger partial charge in [0.2, 0.25) is 0 Å². The first kappa shape index (κ1) is 22.4. The Hall–Kier alpha value is -3.42. The van der Waals surface area contributed by atoms with Gasteiger partial charge in [-0.15, -0.1) is 0 Å². The van der Waals surface area contributed by atoms with Crippen molar-refractivity contribution in [3.63, 3.8) is 0 Å². The number of carbonyl (C=O) groups excluding carboxylic acids is 1. The van der Waals surface area contributed by atoms with E-state index in [1.54, 1.807) is 35.9 Å². The molecule has 34 heavy (non-hydrogen) atoms. The van der Waals surface area contributed by atoms with Crippen LogP contribution in [0.15, 0.2) is 71.5 Å².